The predicted octanol–water partition coefficient (Wildman–Crippen LogP) is 1.62. The Balaban J connectivity index is 2.12. The molecule has 0 unspecified atom stereocenters. The second-order valence-corrected chi connectivity index (χ2v) is 6.85. The van der Waals surface area contributed by atoms with E-state index >= 15 is 0 Å². The first kappa shape index (κ1) is 18.5. The molecule has 3 rings (SSSR count). The van der Waals surface area contributed by atoms with Gasteiger partial charge in [0.1, 0.15) is 0 Å². The highest BCUT2D eigenvalue weighted by molar-refractivity contribution is 6.13. The highest BCUT2D eigenvalue weighted by Gasteiger charge is 2.27. The average molecular weight is 371 g/mol. The van der Waals surface area contributed by atoms with Crippen LogP contribution in [0.4, 0.5) is 0 Å². The molecule has 0 aliphatic carbocycles. The molecule has 0 atom stereocenters. The molecule has 1 aliphatic rings. The van der Waals surface area contributed by atoms with Crippen LogP contribution >= 0.6 is 0 Å². The molecule has 0 spiro atoms. The number of nitrogens with one attached hydrogen (secondary N) is 2. The summed E-state index contributed by atoms with van der Waals surface area (Å²) in [5.74, 6) is 0.706. The van der Waals surface area contributed by atoms with Crippen molar-refractivity contribution in [2.24, 2.45) is 4.99 Å². The number of ether oxygens (including phenoxy) is 2. The zero-order valence-electron chi connectivity index (χ0n) is 15.5. The van der Waals surface area contributed by atoms with Gasteiger partial charge in [0.25, 0.3) is 5.56 Å². The Morgan fingerprint density at radius 1 is 1.11 bits per heavy atom. The van der Waals surface area contributed by atoms with Gasteiger partial charge in [-0.3, -0.25) is 19.8 Å². The van der Waals surface area contributed by atoms with Gasteiger partial charge in [0.2, 0.25) is 5.88 Å². The standard InChI is InChI=1S/C19H21N3O5/c1-19(2)9-10-7-14(26-3)15(27-4)8-12(10)13(22-19)6-5-11-16(23)20-18(25)21-17(11)24/h5-8H,9H2,1-4H3,(H3,20,21,23,24,25). The monoisotopic (exact) mass is 371 g/mol. The van der Waals surface area contributed by atoms with Crippen LogP contribution in [0.2, 0.25) is 0 Å². The van der Waals surface area contributed by atoms with E-state index < -0.39 is 17.1 Å². The predicted molar refractivity (Wildman–Crippen MR) is 102 cm³/mol. The van der Waals surface area contributed by atoms with Crippen molar-refractivity contribution in [3.05, 3.63) is 55.7 Å². The first-order valence-electron chi connectivity index (χ1n) is 8.33. The summed E-state index contributed by atoms with van der Waals surface area (Å²) in [6, 6.07) is 3.76. The van der Waals surface area contributed by atoms with Gasteiger partial charge in [0, 0.05) is 5.56 Å². The Bertz CT molecular complexity index is 1060. The normalized spacial score (nSPS) is 15.3. The Labute approximate surface area is 155 Å². The van der Waals surface area contributed by atoms with Gasteiger partial charge in [-0.15, -0.1) is 0 Å². The maximum absolute atomic E-state index is 11.9. The summed E-state index contributed by atoms with van der Waals surface area (Å²) >= 11 is 0. The maximum Gasteiger partial charge on any atom is 0.328 e. The minimum Gasteiger partial charge on any atom is -0.494 e. The van der Waals surface area contributed by atoms with E-state index in [0.717, 1.165) is 11.1 Å². The van der Waals surface area contributed by atoms with Crippen molar-refractivity contribution in [2.45, 2.75) is 25.8 Å². The molecule has 0 bridgehead atoms. The number of allylic oxidation sites excluding steroid dienone is 1. The molecule has 27 heavy (non-hydrogen) atoms. The Hall–Kier alpha value is -3.29. The number of aromatic amines is 2. The summed E-state index contributed by atoms with van der Waals surface area (Å²) in [6.07, 6.45) is 3.77. The van der Waals surface area contributed by atoms with E-state index in [1.807, 2.05) is 26.0 Å². The third-order valence-corrected chi connectivity index (χ3v) is 4.30. The van der Waals surface area contributed by atoms with Crippen LogP contribution in [-0.2, 0) is 6.42 Å². The molecule has 142 valence electrons. The molecule has 1 aromatic carbocycles. The van der Waals surface area contributed by atoms with Crippen LogP contribution < -0.4 is 20.7 Å². The lowest BCUT2D eigenvalue weighted by Crippen LogP contribution is -2.28. The number of nitrogens with zero attached hydrogens (tertiary/aromatic N) is 1. The molecule has 0 saturated carbocycles. The number of hydrogen-bond donors (Lipinski definition) is 3. The van der Waals surface area contributed by atoms with E-state index in [1.165, 1.54) is 6.08 Å². The Morgan fingerprint density at radius 3 is 2.41 bits per heavy atom. The summed E-state index contributed by atoms with van der Waals surface area (Å²) in [6.45, 7) is 4.01. The number of fused-ring (bicyclic) bond motifs is 1. The first-order valence-corrected chi connectivity index (χ1v) is 8.33. The number of hydrogen-bond acceptors (Lipinski definition) is 6. The molecule has 2 heterocycles. The first-order chi connectivity index (χ1) is 12.7. The lowest BCUT2D eigenvalue weighted by Gasteiger charge is -2.29. The van der Waals surface area contributed by atoms with Gasteiger partial charge in [-0.1, -0.05) is 0 Å². The van der Waals surface area contributed by atoms with Gasteiger partial charge in [-0.25, -0.2) is 4.79 Å². The second-order valence-electron chi connectivity index (χ2n) is 6.85. The van der Waals surface area contributed by atoms with E-state index in [1.54, 1.807) is 20.3 Å². The summed E-state index contributed by atoms with van der Waals surface area (Å²) in [4.78, 5) is 32.1. The van der Waals surface area contributed by atoms with Gasteiger partial charge in [-0.2, -0.15) is 0 Å². The summed E-state index contributed by atoms with van der Waals surface area (Å²) in [7, 11) is 3.14. The molecule has 1 aromatic heterocycles. The quantitative estimate of drug-likeness (QED) is 0.755. The fourth-order valence-electron chi connectivity index (χ4n) is 3.13. The van der Waals surface area contributed by atoms with Crippen molar-refractivity contribution in [2.75, 3.05) is 14.2 Å². The summed E-state index contributed by atoms with van der Waals surface area (Å²) < 4.78 is 10.8. The molecule has 0 radical (unpaired) electrons. The van der Waals surface area contributed by atoms with Crippen LogP contribution in [0.1, 0.15) is 30.5 Å². The molecule has 0 fully saturated rings. The fraction of sp³-hybridized carbons (Fsp3) is 0.316. The van der Waals surface area contributed by atoms with Crippen molar-refractivity contribution in [1.82, 2.24) is 9.97 Å². The molecule has 2 aromatic rings. The molecule has 8 heteroatoms. The van der Waals surface area contributed by atoms with E-state index in [0.29, 0.717) is 23.6 Å². The number of aliphatic imine (C=N–C) groups is 1. The zero-order chi connectivity index (χ0) is 19.8. The molecular formula is C19H21N3O5. The topological polar surface area (TPSA) is 117 Å². The molecule has 8 nitrogen and oxygen atoms in total. The van der Waals surface area contributed by atoms with Crippen molar-refractivity contribution in [3.8, 4) is 17.4 Å². The molecule has 3 N–H and O–H groups in total. The number of methoxy groups -OCH3 is 2. The third kappa shape index (κ3) is 3.64. The van der Waals surface area contributed by atoms with Gasteiger partial charge in [0.05, 0.1) is 31.0 Å². The maximum atomic E-state index is 11.9. The van der Waals surface area contributed by atoms with E-state index in [4.69, 9.17) is 14.5 Å². The summed E-state index contributed by atoms with van der Waals surface area (Å²) in [5.41, 5.74) is 0.653. The van der Waals surface area contributed by atoms with Crippen LogP contribution in [0.25, 0.3) is 6.08 Å². The third-order valence-electron chi connectivity index (χ3n) is 4.30. The number of rotatable bonds is 4. The lowest BCUT2D eigenvalue weighted by molar-refractivity contribution is 0.354. The molecule has 0 saturated heterocycles. The van der Waals surface area contributed by atoms with Crippen LogP contribution in [-0.4, -0.2) is 40.5 Å². The second kappa shape index (κ2) is 6.79. The van der Waals surface area contributed by atoms with Crippen LogP contribution in [0.3, 0.4) is 0 Å². The highest BCUT2D eigenvalue weighted by atomic mass is 16.5. The Kier molecular flexibility index (Phi) is 4.65. The van der Waals surface area contributed by atoms with Gasteiger partial charge in [-0.05, 0) is 50.1 Å². The van der Waals surface area contributed by atoms with Crippen molar-refractivity contribution < 1.29 is 14.6 Å². The smallest absolute Gasteiger partial charge is 0.328 e. The minimum atomic E-state index is -0.770. The van der Waals surface area contributed by atoms with Crippen molar-refractivity contribution in [1.29, 1.82) is 0 Å². The number of aromatic nitrogens is 2. The van der Waals surface area contributed by atoms with E-state index in [9.17, 15) is 14.7 Å². The largest absolute Gasteiger partial charge is 0.494 e. The van der Waals surface area contributed by atoms with Crippen molar-refractivity contribution >= 4 is 11.8 Å². The fourth-order valence-corrected chi connectivity index (χ4v) is 3.13. The zero-order valence-corrected chi connectivity index (χ0v) is 15.5. The van der Waals surface area contributed by atoms with Crippen LogP contribution in [0, 0.1) is 0 Å². The molecular weight excluding hydrogens is 350 g/mol. The number of H-pyrrole nitrogens is 2. The van der Waals surface area contributed by atoms with Crippen LogP contribution in [0.5, 0.6) is 17.4 Å². The van der Waals surface area contributed by atoms with Gasteiger partial charge < -0.3 is 14.6 Å². The average Bonchev–Trinajstić information content (AvgIpc) is 2.58. The Morgan fingerprint density at radius 2 is 1.78 bits per heavy atom. The number of aromatic hydroxyl groups is 1. The van der Waals surface area contributed by atoms with E-state index in [-0.39, 0.29) is 11.1 Å². The SMILES string of the molecule is COc1cc2c(cc1OC)C(C=Cc1c(O)[nH]c(=O)[nH]c1=O)=NC(C)(C)C2. The van der Waals surface area contributed by atoms with Gasteiger partial charge >= 0.3 is 5.69 Å². The molecule has 1 aliphatic heterocycles. The number of benzene rings is 1. The minimum absolute atomic E-state index is 0.0530. The van der Waals surface area contributed by atoms with E-state index in [2.05, 4.69) is 9.97 Å². The lowest BCUT2D eigenvalue weighted by atomic mass is 9.86. The highest BCUT2D eigenvalue weighted by Crippen LogP contribution is 2.36. The molecule has 0 amide bonds. The van der Waals surface area contributed by atoms with Crippen LogP contribution in [0.15, 0.2) is 32.8 Å². The van der Waals surface area contributed by atoms with Gasteiger partial charge in [0.15, 0.2) is 11.5 Å². The van der Waals surface area contributed by atoms with Crippen molar-refractivity contribution in [3.63, 3.8) is 0 Å². The summed E-state index contributed by atoms with van der Waals surface area (Å²) in [5, 5.41) is 9.85.